The molecule has 0 saturated carbocycles. The summed E-state index contributed by atoms with van der Waals surface area (Å²) in [7, 11) is 0. The zero-order valence-corrected chi connectivity index (χ0v) is 13.2. The lowest BCUT2D eigenvalue weighted by Gasteiger charge is -2.21. The van der Waals surface area contributed by atoms with Crippen LogP contribution in [-0.2, 0) is 5.41 Å². The average molecular weight is 286 g/mol. The zero-order valence-electron chi connectivity index (χ0n) is 12.4. The largest absolute Gasteiger partial charge is 0.236 e. The Kier molecular flexibility index (Phi) is 4.29. The minimum absolute atomic E-state index is 0.0462. The molecule has 2 rings (SSSR count). The first-order chi connectivity index (χ1) is 9.38. The number of aryl methyl sites for hydroxylation is 1. The maximum Gasteiger partial charge on any atom is 0.136 e. The van der Waals surface area contributed by atoms with Crippen molar-refractivity contribution < 1.29 is 0 Å². The van der Waals surface area contributed by atoms with Gasteiger partial charge >= 0.3 is 0 Å². The molecular formula is C18H20ClN. The third kappa shape index (κ3) is 3.49. The summed E-state index contributed by atoms with van der Waals surface area (Å²) in [6.45, 7) is 8.60. The van der Waals surface area contributed by atoms with E-state index < -0.39 is 0 Å². The Balaban J connectivity index is 2.43. The van der Waals surface area contributed by atoms with Crippen LogP contribution in [0.15, 0.2) is 53.5 Å². The maximum absolute atomic E-state index is 6.37. The van der Waals surface area contributed by atoms with Crippen molar-refractivity contribution >= 4 is 22.5 Å². The van der Waals surface area contributed by atoms with E-state index in [1.807, 2.05) is 42.5 Å². The van der Waals surface area contributed by atoms with Crippen LogP contribution in [0.4, 0.5) is 5.69 Å². The van der Waals surface area contributed by atoms with Crippen LogP contribution in [0, 0.1) is 6.92 Å². The molecule has 0 aliphatic rings. The van der Waals surface area contributed by atoms with Crippen molar-refractivity contribution in [3.05, 3.63) is 65.2 Å². The first kappa shape index (κ1) is 14.8. The number of benzene rings is 2. The summed E-state index contributed by atoms with van der Waals surface area (Å²) in [4.78, 5) is 4.61. The monoisotopic (exact) mass is 285 g/mol. The zero-order chi connectivity index (χ0) is 14.8. The van der Waals surface area contributed by atoms with Gasteiger partial charge in [0.25, 0.3) is 0 Å². The molecule has 0 N–H and O–H groups in total. The quantitative estimate of drug-likeness (QED) is 0.636. The number of halogens is 1. The number of hydrogen-bond acceptors (Lipinski definition) is 1. The fourth-order valence-corrected chi connectivity index (χ4v) is 2.28. The molecule has 0 fully saturated rings. The van der Waals surface area contributed by atoms with Gasteiger partial charge in [0.2, 0.25) is 0 Å². The third-order valence-corrected chi connectivity index (χ3v) is 3.52. The summed E-state index contributed by atoms with van der Waals surface area (Å²) in [5, 5.41) is 0.529. The van der Waals surface area contributed by atoms with E-state index in [9.17, 15) is 0 Å². The topological polar surface area (TPSA) is 12.4 Å². The van der Waals surface area contributed by atoms with Crippen molar-refractivity contribution in [2.75, 3.05) is 0 Å². The third-order valence-electron chi connectivity index (χ3n) is 3.22. The first-order valence-corrected chi connectivity index (χ1v) is 7.16. The molecule has 2 aromatic rings. The summed E-state index contributed by atoms with van der Waals surface area (Å²) >= 11 is 6.37. The molecule has 0 heterocycles. The molecule has 0 saturated heterocycles. The summed E-state index contributed by atoms with van der Waals surface area (Å²) < 4.78 is 0. The first-order valence-electron chi connectivity index (χ1n) is 6.78. The molecule has 0 bridgehead atoms. The van der Waals surface area contributed by atoms with Crippen molar-refractivity contribution in [3.8, 4) is 0 Å². The average Bonchev–Trinajstić information content (AvgIpc) is 2.38. The Morgan fingerprint density at radius 3 is 2.15 bits per heavy atom. The van der Waals surface area contributed by atoms with Crippen LogP contribution in [0.1, 0.15) is 37.5 Å². The van der Waals surface area contributed by atoms with E-state index >= 15 is 0 Å². The molecule has 20 heavy (non-hydrogen) atoms. The van der Waals surface area contributed by atoms with Gasteiger partial charge in [0.15, 0.2) is 0 Å². The summed E-state index contributed by atoms with van der Waals surface area (Å²) in [5.74, 6) is 0. The van der Waals surface area contributed by atoms with Gasteiger partial charge in [-0.15, -0.1) is 0 Å². The van der Waals surface area contributed by atoms with Gasteiger partial charge in [0.05, 0.1) is 5.69 Å². The predicted molar refractivity (Wildman–Crippen MR) is 88.4 cm³/mol. The summed E-state index contributed by atoms with van der Waals surface area (Å²) in [6, 6.07) is 16.2. The second kappa shape index (κ2) is 5.80. The number of para-hydroxylation sites is 1. The van der Waals surface area contributed by atoms with Crippen LogP contribution < -0.4 is 0 Å². The maximum atomic E-state index is 6.37. The highest BCUT2D eigenvalue weighted by Gasteiger charge is 2.17. The molecule has 0 aromatic heterocycles. The van der Waals surface area contributed by atoms with Gasteiger partial charge in [-0.3, -0.25) is 0 Å². The molecule has 0 atom stereocenters. The van der Waals surface area contributed by atoms with Crippen LogP contribution in [-0.4, -0.2) is 5.17 Å². The Labute approximate surface area is 126 Å². The molecular weight excluding hydrogens is 266 g/mol. The molecule has 0 amide bonds. The highest BCUT2D eigenvalue weighted by atomic mass is 35.5. The van der Waals surface area contributed by atoms with E-state index in [0.717, 1.165) is 11.3 Å². The van der Waals surface area contributed by atoms with Crippen LogP contribution in [0.25, 0.3) is 0 Å². The second-order valence-electron chi connectivity index (χ2n) is 6.04. The van der Waals surface area contributed by atoms with Gasteiger partial charge in [-0.05, 0) is 24.0 Å². The van der Waals surface area contributed by atoms with E-state index in [1.165, 1.54) is 11.1 Å². The van der Waals surface area contributed by atoms with Crippen molar-refractivity contribution in [1.82, 2.24) is 0 Å². The predicted octanol–water partition coefficient (Wildman–Crippen LogP) is 5.61. The van der Waals surface area contributed by atoms with Gasteiger partial charge in [-0.25, -0.2) is 4.99 Å². The summed E-state index contributed by atoms with van der Waals surface area (Å²) in [6.07, 6.45) is 0. The van der Waals surface area contributed by atoms with Gasteiger partial charge in [-0.2, -0.15) is 0 Å². The molecule has 2 aromatic carbocycles. The minimum Gasteiger partial charge on any atom is -0.236 e. The fraction of sp³-hybridized carbons (Fsp3) is 0.278. The standard InChI is InChI=1S/C18H20ClN/c1-13-9-11-14(12-10-13)17(19)20-16-8-6-5-7-15(16)18(2,3)4/h5-12H,1-4H3/b20-17-. The number of hydrogen-bond donors (Lipinski definition) is 0. The molecule has 0 unspecified atom stereocenters. The minimum atomic E-state index is 0.0462. The van der Waals surface area contributed by atoms with Gasteiger partial charge in [0, 0.05) is 5.56 Å². The van der Waals surface area contributed by atoms with Crippen molar-refractivity contribution in [2.24, 2.45) is 4.99 Å². The Morgan fingerprint density at radius 2 is 1.55 bits per heavy atom. The van der Waals surface area contributed by atoms with Crippen molar-refractivity contribution in [2.45, 2.75) is 33.1 Å². The fourth-order valence-electron chi connectivity index (χ4n) is 2.07. The molecule has 2 heteroatoms. The smallest absolute Gasteiger partial charge is 0.136 e. The van der Waals surface area contributed by atoms with E-state index in [0.29, 0.717) is 5.17 Å². The number of nitrogens with zero attached hydrogens (tertiary/aromatic N) is 1. The number of aliphatic imine (C=N–C) groups is 1. The van der Waals surface area contributed by atoms with E-state index in [-0.39, 0.29) is 5.41 Å². The Hall–Kier alpha value is -1.60. The van der Waals surface area contributed by atoms with E-state index in [2.05, 4.69) is 38.8 Å². The Morgan fingerprint density at radius 1 is 0.950 bits per heavy atom. The molecule has 0 aliphatic carbocycles. The van der Waals surface area contributed by atoms with Crippen molar-refractivity contribution in [1.29, 1.82) is 0 Å². The molecule has 0 spiro atoms. The van der Waals surface area contributed by atoms with E-state index in [4.69, 9.17) is 11.6 Å². The van der Waals surface area contributed by atoms with Crippen LogP contribution >= 0.6 is 11.6 Å². The molecule has 0 aliphatic heterocycles. The Bertz CT molecular complexity index is 619. The normalized spacial score (nSPS) is 12.6. The lowest BCUT2D eigenvalue weighted by molar-refractivity contribution is 0.591. The second-order valence-corrected chi connectivity index (χ2v) is 6.39. The van der Waals surface area contributed by atoms with E-state index in [1.54, 1.807) is 0 Å². The molecule has 0 radical (unpaired) electrons. The SMILES string of the molecule is Cc1ccc(/C(Cl)=N/c2ccccc2C(C)(C)C)cc1. The molecule has 104 valence electrons. The van der Waals surface area contributed by atoms with Gasteiger partial charge < -0.3 is 0 Å². The summed E-state index contributed by atoms with van der Waals surface area (Å²) in [5.41, 5.74) is 4.34. The van der Waals surface area contributed by atoms with Crippen LogP contribution in [0.3, 0.4) is 0 Å². The van der Waals surface area contributed by atoms with Crippen LogP contribution in [0.2, 0.25) is 0 Å². The lowest BCUT2D eigenvalue weighted by atomic mass is 9.86. The van der Waals surface area contributed by atoms with Gasteiger partial charge in [0.1, 0.15) is 5.17 Å². The highest BCUT2D eigenvalue weighted by molar-refractivity contribution is 6.69. The lowest BCUT2D eigenvalue weighted by Crippen LogP contribution is -2.11. The highest BCUT2D eigenvalue weighted by Crippen LogP contribution is 2.31. The number of rotatable bonds is 2. The molecule has 1 nitrogen and oxygen atoms in total. The van der Waals surface area contributed by atoms with Gasteiger partial charge in [-0.1, -0.05) is 80.4 Å². The van der Waals surface area contributed by atoms with Crippen LogP contribution in [0.5, 0.6) is 0 Å². The van der Waals surface area contributed by atoms with Crippen molar-refractivity contribution in [3.63, 3.8) is 0 Å².